The Labute approximate surface area is 195 Å². The largest absolute Gasteiger partial charge is 0.490 e. The summed E-state index contributed by atoms with van der Waals surface area (Å²) in [6.07, 6.45) is 2.16. The van der Waals surface area contributed by atoms with Gasteiger partial charge in [-0.3, -0.25) is 4.79 Å². The van der Waals surface area contributed by atoms with Crippen molar-refractivity contribution >= 4 is 17.6 Å². The van der Waals surface area contributed by atoms with Crippen LogP contribution in [0.4, 0.5) is 10.5 Å². The minimum Gasteiger partial charge on any atom is -0.490 e. The van der Waals surface area contributed by atoms with E-state index in [1.165, 1.54) is 0 Å². The van der Waals surface area contributed by atoms with Crippen LogP contribution in [0.5, 0.6) is 11.5 Å². The molecule has 0 unspecified atom stereocenters. The fourth-order valence-corrected chi connectivity index (χ4v) is 4.35. The molecule has 0 aromatic heterocycles. The van der Waals surface area contributed by atoms with Crippen molar-refractivity contribution in [2.24, 2.45) is 11.8 Å². The average molecular weight is 452 g/mol. The molecule has 33 heavy (non-hydrogen) atoms. The highest BCUT2D eigenvalue weighted by atomic mass is 16.5. The smallest absolute Gasteiger partial charge is 0.321 e. The van der Waals surface area contributed by atoms with Gasteiger partial charge in [0.15, 0.2) is 11.5 Å². The van der Waals surface area contributed by atoms with Crippen LogP contribution in [-0.4, -0.2) is 43.1 Å². The van der Waals surface area contributed by atoms with Gasteiger partial charge in [0, 0.05) is 31.1 Å². The Kier molecular flexibility index (Phi) is 7.37. The zero-order valence-corrected chi connectivity index (χ0v) is 19.4. The molecule has 0 aliphatic carbocycles. The number of rotatable bonds is 5. The molecule has 0 spiro atoms. The van der Waals surface area contributed by atoms with E-state index in [-0.39, 0.29) is 29.8 Å². The van der Waals surface area contributed by atoms with Gasteiger partial charge in [0.1, 0.15) is 0 Å². The number of hydrogen-bond acceptors (Lipinski definition) is 4. The molecule has 176 valence electrons. The number of hydrogen-bond donors (Lipinski definition) is 2. The third-order valence-corrected chi connectivity index (χ3v) is 6.27. The fourth-order valence-electron chi connectivity index (χ4n) is 4.35. The Balaban J connectivity index is 1.34. The van der Waals surface area contributed by atoms with E-state index in [1.807, 2.05) is 48.5 Å². The van der Waals surface area contributed by atoms with Gasteiger partial charge in [-0.1, -0.05) is 38.1 Å². The second kappa shape index (κ2) is 10.6. The van der Waals surface area contributed by atoms with E-state index >= 15 is 0 Å². The summed E-state index contributed by atoms with van der Waals surface area (Å²) in [4.78, 5) is 27.4. The van der Waals surface area contributed by atoms with Crippen molar-refractivity contribution in [2.45, 2.75) is 39.2 Å². The average Bonchev–Trinajstić information content (AvgIpc) is 3.08. The minimum atomic E-state index is -0.118. The van der Waals surface area contributed by atoms with Crippen LogP contribution < -0.4 is 20.1 Å². The first-order valence-electron chi connectivity index (χ1n) is 11.8. The Bertz CT molecular complexity index is 955. The first kappa shape index (κ1) is 23.0. The molecular formula is C26H33N3O4. The Morgan fingerprint density at radius 1 is 0.970 bits per heavy atom. The SMILES string of the molecule is CC(C)[C@H](NC(=O)C1CCN(C(=O)Nc2ccccc2)CC1)c1ccc2c(c1)OCCCO2. The lowest BCUT2D eigenvalue weighted by Gasteiger charge is -2.33. The second-order valence-electron chi connectivity index (χ2n) is 9.04. The topological polar surface area (TPSA) is 79.9 Å². The molecule has 2 heterocycles. The molecule has 2 aliphatic rings. The number of anilines is 1. The number of benzene rings is 2. The highest BCUT2D eigenvalue weighted by Crippen LogP contribution is 2.34. The zero-order chi connectivity index (χ0) is 23.2. The van der Waals surface area contributed by atoms with E-state index in [2.05, 4.69) is 24.5 Å². The molecular weight excluding hydrogens is 418 g/mol. The van der Waals surface area contributed by atoms with E-state index in [1.54, 1.807) is 4.90 Å². The Morgan fingerprint density at radius 3 is 2.36 bits per heavy atom. The standard InChI is InChI=1S/C26H33N3O4/c1-18(2)24(20-9-10-22-23(17-20)33-16-6-15-32-22)28-25(30)19-11-13-29(14-12-19)26(31)27-21-7-4-3-5-8-21/h3-5,7-10,17-19,24H,6,11-16H2,1-2H3,(H,27,31)(H,28,30)/t24-/m0/s1. The van der Waals surface area contributed by atoms with Gasteiger partial charge in [0.05, 0.1) is 19.3 Å². The Hall–Kier alpha value is -3.22. The molecule has 1 saturated heterocycles. The number of piperidine rings is 1. The van der Waals surface area contributed by atoms with E-state index in [4.69, 9.17) is 9.47 Å². The maximum absolute atomic E-state index is 13.1. The number of likely N-dealkylation sites (tertiary alicyclic amines) is 1. The van der Waals surface area contributed by atoms with Crippen molar-refractivity contribution in [1.82, 2.24) is 10.2 Å². The number of carbonyl (C=O) groups excluding carboxylic acids is 2. The van der Waals surface area contributed by atoms with Crippen LogP contribution in [0.25, 0.3) is 0 Å². The lowest BCUT2D eigenvalue weighted by Crippen LogP contribution is -2.45. The fraction of sp³-hybridized carbons (Fsp3) is 0.462. The molecule has 4 rings (SSSR count). The molecule has 3 amide bonds. The van der Waals surface area contributed by atoms with Crippen LogP contribution in [0.1, 0.15) is 44.7 Å². The van der Waals surface area contributed by atoms with Gasteiger partial charge >= 0.3 is 6.03 Å². The summed E-state index contributed by atoms with van der Waals surface area (Å²) in [5.41, 5.74) is 1.79. The van der Waals surface area contributed by atoms with E-state index in [9.17, 15) is 9.59 Å². The molecule has 2 aromatic carbocycles. The normalized spacial score (nSPS) is 17.2. The van der Waals surface area contributed by atoms with Crippen molar-refractivity contribution in [1.29, 1.82) is 0 Å². The predicted octanol–water partition coefficient (Wildman–Crippen LogP) is 4.61. The zero-order valence-electron chi connectivity index (χ0n) is 19.4. The summed E-state index contributed by atoms with van der Waals surface area (Å²) >= 11 is 0. The summed E-state index contributed by atoms with van der Waals surface area (Å²) in [6.45, 7) is 6.61. The first-order chi connectivity index (χ1) is 16.0. The number of fused-ring (bicyclic) bond motifs is 1. The predicted molar refractivity (Wildman–Crippen MR) is 128 cm³/mol. The van der Waals surface area contributed by atoms with Gasteiger partial charge in [0.2, 0.25) is 5.91 Å². The van der Waals surface area contributed by atoms with Crippen molar-refractivity contribution in [3.8, 4) is 11.5 Å². The molecule has 7 heteroatoms. The maximum atomic E-state index is 13.1. The van der Waals surface area contributed by atoms with Crippen molar-refractivity contribution in [2.75, 3.05) is 31.6 Å². The molecule has 0 radical (unpaired) electrons. The van der Waals surface area contributed by atoms with Crippen molar-refractivity contribution in [3.63, 3.8) is 0 Å². The molecule has 1 atom stereocenters. The third kappa shape index (κ3) is 5.78. The molecule has 0 bridgehead atoms. The molecule has 0 saturated carbocycles. The van der Waals surface area contributed by atoms with Crippen LogP contribution in [-0.2, 0) is 4.79 Å². The number of nitrogens with one attached hydrogen (secondary N) is 2. The summed E-state index contributed by atoms with van der Waals surface area (Å²) < 4.78 is 11.6. The van der Waals surface area contributed by atoms with Gasteiger partial charge in [-0.15, -0.1) is 0 Å². The molecule has 7 nitrogen and oxygen atoms in total. The maximum Gasteiger partial charge on any atom is 0.321 e. The number of ether oxygens (including phenoxy) is 2. The van der Waals surface area contributed by atoms with Gasteiger partial charge in [-0.05, 0) is 48.6 Å². The summed E-state index contributed by atoms with van der Waals surface area (Å²) in [7, 11) is 0. The lowest BCUT2D eigenvalue weighted by atomic mass is 9.92. The quantitative estimate of drug-likeness (QED) is 0.696. The monoisotopic (exact) mass is 451 g/mol. The first-order valence-corrected chi connectivity index (χ1v) is 11.8. The highest BCUT2D eigenvalue weighted by Gasteiger charge is 2.30. The van der Waals surface area contributed by atoms with Crippen LogP contribution >= 0.6 is 0 Å². The van der Waals surface area contributed by atoms with Crippen LogP contribution in [0.2, 0.25) is 0 Å². The van der Waals surface area contributed by atoms with Gasteiger partial charge in [-0.2, -0.15) is 0 Å². The molecule has 2 aromatic rings. The number of carbonyl (C=O) groups is 2. The summed E-state index contributed by atoms with van der Waals surface area (Å²) in [6, 6.07) is 15.1. The third-order valence-electron chi connectivity index (χ3n) is 6.27. The van der Waals surface area contributed by atoms with E-state index in [0.29, 0.717) is 39.1 Å². The number of amides is 3. The van der Waals surface area contributed by atoms with Crippen molar-refractivity contribution < 1.29 is 19.1 Å². The number of nitrogens with zero attached hydrogens (tertiary/aromatic N) is 1. The highest BCUT2D eigenvalue weighted by molar-refractivity contribution is 5.89. The molecule has 2 N–H and O–H groups in total. The number of para-hydroxylation sites is 1. The molecule has 2 aliphatic heterocycles. The summed E-state index contributed by atoms with van der Waals surface area (Å²) in [5, 5.41) is 6.17. The van der Waals surface area contributed by atoms with Crippen LogP contribution in [0.3, 0.4) is 0 Å². The van der Waals surface area contributed by atoms with Crippen LogP contribution in [0.15, 0.2) is 48.5 Å². The number of urea groups is 1. The van der Waals surface area contributed by atoms with Gasteiger partial charge in [0.25, 0.3) is 0 Å². The van der Waals surface area contributed by atoms with E-state index in [0.717, 1.165) is 29.2 Å². The van der Waals surface area contributed by atoms with Gasteiger partial charge < -0.3 is 25.0 Å². The Morgan fingerprint density at radius 2 is 1.67 bits per heavy atom. The van der Waals surface area contributed by atoms with E-state index < -0.39 is 0 Å². The molecule has 1 fully saturated rings. The lowest BCUT2D eigenvalue weighted by molar-refractivity contribution is -0.127. The van der Waals surface area contributed by atoms with Crippen LogP contribution in [0, 0.1) is 11.8 Å². The van der Waals surface area contributed by atoms with Gasteiger partial charge in [-0.25, -0.2) is 4.79 Å². The minimum absolute atomic E-state index is 0.0453. The second-order valence-corrected chi connectivity index (χ2v) is 9.04. The summed E-state index contributed by atoms with van der Waals surface area (Å²) in [5.74, 6) is 1.65. The van der Waals surface area contributed by atoms with Crippen molar-refractivity contribution in [3.05, 3.63) is 54.1 Å².